The molecule has 0 saturated carbocycles. The van der Waals surface area contributed by atoms with Crippen LogP contribution in [0.15, 0.2) is 72.8 Å². The molecule has 0 heterocycles. The average molecular weight is 359 g/mol. The van der Waals surface area contributed by atoms with Crippen LogP contribution in [0, 0.1) is 0 Å². The molecule has 0 atom stereocenters. The van der Waals surface area contributed by atoms with Gasteiger partial charge in [-0.3, -0.25) is 4.79 Å². The van der Waals surface area contributed by atoms with E-state index in [1.807, 2.05) is 60.7 Å². The molecule has 4 nitrogen and oxygen atoms in total. The maximum absolute atomic E-state index is 11.3. The van der Waals surface area contributed by atoms with E-state index in [0.29, 0.717) is 11.5 Å². The van der Waals surface area contributed by atoms with Crippen LogP contribution in [0.2, 0.25) is 0 Å². The zero-order valence-electron chi connectivity index (χ0n) is 15.3. The fourth-order valence-corrected chi connectivity index (χ4v) is 2.91. The summed E-state index contributed by atoms with van der Waals surface area (Å²) in [5, 5.41) is 0. The summed E-state index contributed by atoms with van der Waals surface area (Å²) in [5.41, 5.74) is 10.2. The van der Waals surface area contributed by atoms with Crippen LogP contribution >= 0.6 is 0 Å². The van der Waals surface area contributed by atoms with Gasteiger partial charge >= 0.3 is 0 Å². The predicted octanol–water partition coefficient (Wildman–Crippen LogP) is 4.54. The van der Waals surface area contributed by atoms with Crippen LogP contribution in [0.5, 0.6) is 11.5 Å². The van der Waals surface area contributed by atoms with Crippen LogP contribution in [0.3, 0.4) is 0 Å². The summed E-state index contributed by atoms with van der Waals surface area (Å²) in [4.78, 5) is 11.3. The van der Waals surface area contributed by atoms with Crippen molar-refractivity contribution < 1.29 is 14.3 Å². The van der Waals surface area contributed by atoms with Gasteiger partial charge in [-0.15, -0.1) is 0 Å². The van der Waals surface area contributed by atoms with Gasteiger partial charge in [0, 0.05) is 12.1 Å². The van der Waals surface area contributed by atoms with E-state index in [1.165, 1.54) is 6.08 Å². The molecule has 3 rings (SSSR count). The molecule has 0 fully saturated rings. The standard InChI is InChI=1S/C23H21NO3/c1-26-20-13-19(14-21(15-20)27-2)22-10-8-17(16-6-4-3-5-7-16)12-18(22)9-11-23(24)25/h3-15H,1-2H3,(H2,24,25). The third-order valence-corrected chi connectivity index (χ3v) is 4.25. The van der Waals surface area contributed by atoms with Crippen LogP contribution < -0.4 is 15.2 Å². The van der Waals surface area contributed by atoms with Gasteiger partial charge in [-0.1, -0.05) is 42.5 Å². The first-order chi connectivity index (χ1) is 13.1. The van der Waals surface area contributed by atoms with Crippen molar-refractivity contribution in [1.82, 2.24) is 0 Å². The number of methoxy groups -OCH3 is 2. The Kier molecular flexibility index (Phi) is 5.57. The highest BCUT2D eigenvalue weighted by Crippen LogP contribution is 2.34. The molecule has 0 aliphatic heterocycles. The Labute approximate surface area is 158 Å². The molecule has 0 aromatic heterocycles. The van der Waals surface area contributed by atoms with Crippen LogP contribution in [0.1, 0.15) is 5.56 Å². The normalized spacial score (nSPS) is 10.7. The van der Waals surface area contributed by atoms with Crippen molar-refractivity contribution >= 4 is 12.0 Å². The van der Waals surface area contributed by atoms with Crippen LogP contribution in [0.4, 0.5) is 0 Å². The number of carbonyl (C=O) groups is 1. The SMILES string of the molecule is COc1cc(OC)cc(-c2ccc(-c3ccccc3)cc2C=CC(N)=O)c1. The maximum Gasteiger partial charge on any atom is 0.241 e. The van der Waals surface area contributed by atoms with Crippen LogP contribution in [0.25, 0.3) is 28.3 Å². The largest absolute Gasteiger partial charge is 0.497 e. The van der Waals surface area contributed by atoms with Crippen molar-refractivity contribution in [2.45, 2.75) is 0 Å². The minimum absolute atomic E-state index is 0.491. The highest BCUT2D eigenvalue weighted by molar-refractivity contribution is 5.92. The van der Waals surface area contributed by atoms with Gasteiger partial charge in [-0.05, 0) is 52.1 Å². The number of benzene rings is 3. The fraction of sp³-hybridized carbons (Fsp3) is 0.0870. The molecule has 0 radical (unpaired) electrons. The molecule has 4 heteroatoms. The second-order valence-electron chi connectivity index (χ2n) is 6.01. The quantitative estimate of drug-likeness (QED) is 0.658. The first-order valence-electron chi connectivity index (χ1n) is 8.51. The lowest BCUT2D eigenvalue weighted by Crippen LogP contribution is -2.05. The lowest BCUT2D eigenvalue weighted by molar-refractivity contribution is -0.113. The van der Waals surface area contributed by atoms with Gasteiger partial charge in [0.15, 0.2) is 0 Å². The number of amides is 1. The van der Waals surface area contributed by atoms with E-state index >= 15 is 0 Å². The summed E-state index contributed by atoms with van der Waals surface area (Å²) in [6, 6.07) is 21.9. The molecule has 0 bridgehead atoms. The lowest BCUT2D eigenvalue weighted by Gasteiger charge is -2.13. The molecular formula is C23H21NO3. The average Bonchev–Trinajstić information content (AvgIpc) is 2.72. The Balaban J connectivity index is 2.16. The number of carbonyl (C=O) groups excluding carboxylic acids is 1. The van der Waals surface area contributed by atoms with Crippen molar-refractivity contribution in [2.75, 3.05) is 14.2 Å². The second-order valence-corrected chi connectivity index (χ2v) is 6.01. The molecule has 0 aliphatic carbocycles. The zero-order chi connectivity index (χ0) is 19.2. The summed E-state index contributed by atoms with van der Waals surface area (Å²) in [6.07, 6.45) is 3.10. The van der Waals surface area contributed by atoms with Crippen LogP contribution in [-0.2, 0) is 4.79 Å². The van der Waals surface area contributed by atoms with Gasteiger partial charge in [0.05, 0.1) is 14.2 Å². The van der Waals surface area contributed by atoms with Crippen molar-refractivity contribution in [2.24, 2.45) is 5.73 Å². The number of ether oxygens (including phenoxy) is 2. The maximum atomic E-state index is 11.3. The molecule has 2 N–H and O–H groups in total. The third-order valence-electron chi connectivity index (χ3n) is 4.25. The molecule has 136 valence electrons. The van der Waals surface area contributed by atoms with Crippen LogP contribution in [-0.4, -0.2) is 20.1 Å². The number of rotatable bonds is 6. The molecule has 3 aromatic carbocycles. The first-order valence-corrected chi connectivity index (χ1v) is 8.51. The number of hydrogen-bond donors (Lipinski definition) is 1. The van der Waals surface area contributed by atoms with Gasteiger partial charge in [0.2, 0.25) is 5.91 Å². The summed E-state index contributed by atoms with van der Waals surface area (Å²) in [7, 11) is 3.23. The minimum Gasteiger partial charge on any atom is -0.497 e. The fourth-order valence-electron chi connectivity index (χ4n) is 2.91. The van der Waals surface area contributed by atoms with Gasteiger partial charge in [-0.25, -0.2) is 0 Å². The Bertz CT molecular complexity index is 956. The van der Waals surface area contributed by atoms with E-state index in [9.17, 15) is 4.79 Å². The van der Waals surface area contributed by atoms with E-state index < -0.39 is 5.91 Å². The highest BCUT2D eigenvalue weighted by Gasteiger charge is 2.10. The summed E-state index contributed by atoms with van der Waals surface area (Å²) >= 11 is 0. The number of hydrogen-bond acceptors (Lipinski definition) is 3. The second kappa shape index (κ2) is 8.23. The Morgan fingerprint density at radius 1 is 0.815 bits per heavy atom. The van der Waals surface area contributed by atoms with Crippen molar-refractivity contribution in [3.8, 4) is 33.8 Å². The molecule has 0 saturated heterocycles. The van der Waals surface area contributed by atoms with E-state index in [0.717, 1.165) is 27.8 Å². The Hall–Kier alpha value is -3.53. The third kappa shape index (κ3) is 4.36. The van der Waals surface area contributed by atoms with E-state index in [1.54, 1.807) is 20.3 Å². The molecular weight excluding hydrogens is 338 g/mol. The molecule has 0 aliphatic rings. The number of nitrogens with two attached hydrogens (primary N) is 1. The molecule has 0 unspecified atom stereocenters. The predicted molar refractivity (Wildman–Crippen MR) is 109 cm³/mol. The zero-order valence-corrected chi connectivity index (χ0v) is 15.3. The van der Waals surface area contributed by atoms with Gasteiger partial charge in [0.1, 0.15) is 11.5 Å². The summed E-state index contributed by atoms with van der Waals surface area (Å²) < 4.78 is 10.8. The Morgan fingerprint density at radius 3 is 2.07 bits per heavy atom. The molecule has 1 amide bonds. The highest BCUT2D eigenvalue weighted by atomic mass is 16.5. The number of primary amides is 1. The van der Waals surface area contributed by atoms with Gasteiger partial charge < -0.3 is 15.2 Å². The van der Waals surface area contributed by atoms with E-state index in [-0.39, 0.29) is 0 Å². The summed E-state index contributed by atoms with van der Waals surface area (Å²) in [6.45, 7) is 0. The van der Waals surface area contributed by atoms with Gasteiger partial charge in [0.25, 0.3) is 0 Å². The topological polar surface area (TPSA) is 61.6 Å². The first kappa shape index (κ1) is 18.3. The lowest BCUT2D eigenvalue weighted by atomic mass is 9.94. The van der Waals surface area contributed by atoms with Gasteiger partial charge in [-0.2, -0.15) is 0 Å². The molecule has 27 heavy (non-hydrogen) atoms. The minimum atomic E-state index is -0.491. The summed E-state index contributed by atoms with van der Waals surface area (Å²) in [5.74, 6) is 0.900. The van der Waals surface area contributed by atoms with E-state index in [2.05, 4.69) is 6.07 Å². The Morgan fingerprint density at radius 2 is 1.48 bits per heavy atom. The monoisotopic (exact) mass is 359 g/mol. The van der Waals surface area contributed by atoms with E-state index in [4.69, 9.17) is 15.2 Å². The van der Waals surface area contributed by atoms with Crippen molar-refractivity contribution in [3.63, 3.8) is 0 Å². The van der Waals surface area contributed by atoms with Crippen molar-refractivity contribution in [3.05, 3.63) is 78.4 Å². The molecule has 3 aromatic rings. The van der Waals surface area contributed by atoms with Crippen molar-refractivity contribution in [1.29, 1.82) is 0 Å². The smallest absolute Gasteiger partial charge is 0.241 e. The molecule has 0 spiro atoms.